The zero-order valence-corrected chi connectivity index (χ0v) is 17.4. The average Bonchev–Trinajstić information content (AvgIpc) is 3.23. The van der Waals surface area contributed by atoms with E-state index in [0.717, 1.165) is 11.3 Å². The van der Waals surface area contributed by atoms with Crippen molar-refractivity contribution in [1.29, 1.82) is 0 Å². The Labute approximate surface area is 170 Å². The van der Waals surface area contributed by atoms with Crippen LogP contribution in [0.25, 0.3) is 11.6 Å². The van der Waals surface area contributed by atoms with Crippen LogP contribution >= 0.6 is 27.7 Å². The molecule has 0 saturated heterocycles. The Bertz CT molecular complexity index is 980. The summed E-state index contributed by atoms with van der Waals surface area (Å²) in [6.45, 7) is 8.35. The minimum absolute atomic E-state index is 0.0984. The number of furan rings is 1. The zero-order chi connectivity index (χ0) is 19.4. The molecular weight excluding hydrogens is 428 g/mol. The van der Waals surface area contributed by atoms with Crippen LogP contribution in [0.5, 0.6) is 0 Å². The number of hydrogen-bond acceptors (Lipinski definition) is 5. The fourth-order valence-corrected chi connectivity index (χ4v) is 3.51. The van der Waals surface area contributed by atoms with E-state index in [-0.39, 0.29) is 11.7 Å². The molecule has 0 aliphatic rings. The van der Waals surface area contributed by atoms with Crippen molar-refractivity contribution in [2.75, 3.05) is 11.1 Å². The van der Waals surface area contributed by atoms with Crippen molar-refractivity contribution in [2.45, 2.75) is 25.5 Å². The van der Waals surface area contributed by atoms with Crippen LogP contribution in [-0.4, -0.2) is 26.4 Å². The number of aryl methyl sites for hydroxylation is 2. The molecule has 2 heterocycles. The number of aromatic nitrogens is 3. The van der Waals surface area contributed by atoms with Gasteiger partial charge in [0.15, 0.2) is 15.6 Å². The third-order valence-electron chi connectivity index (χ3n) is 3.95. The van der Waals surface area contributed by atoms with Crippen LogP contribution in [0, 0.1) is 13.8 Å². The van der Waals surface area contributed by atoms with Gasteiger partial charge in [0.25, 0.3) is 0 Å². The van der Waals surface area contributed by atoms with Gasteiger partial charge in [-0.1, -0.05) is 23.9 Å². The van der Waals surface area contributed by atoms with Crippen molar-refractivity contribution in [2.24, 2.45) is 0 Å². The molecule has 6 nitrogen and oxygen atoms in total. The summed E-state index contributed by atoms with van der Waals surface area (Å²) in [6.07, 6.45) is 1.75. The van der Waals surface area contributed by atoms with Crippen LogP contribution in [-0.2, 0) is 11.3 Å². The Balaban J connectivity index is 1.69. The highest BCUT2D eigenvalue weighted by atomic mass is 79.9. The van der Waals surface area contributed by atoms with Crippen LogP contribution in [0.15, 0.2) is 57.2 Å². The number of amides is 1. The van der Waals surface area contributed by atoms with Crippen molar-refractivity contribution in [3.63, 3.8) is 0 Å². The Morgan fingerprint density at radius 3 is 2.78 bits per heavy atom. The molecule has 3 rings (SSSR count). The summed E-state index contributed by atoms with van der Waals surface area (Å²) >= 11 is 4.61. The van der Waals surface area contributed by atoms with Crippen LogP contribution in [0.3, 0.4) is 0 Å². The van der Waals surface area contributed by atoms with Gasteiger partial charge in [-0.15, -0.1) is 16.8 Å². The van der Waals surface area contributed by atoms with Gasteiger partial charge >= 0.3 is 0 Å². The summed E-state index contributed by atoms with van der Waals surface area (Å²) in [4.78, 5) is 12.3. The number of halogens is 1. The highest BCUT2D eigenvalue weighted by Gasteiger charge is 2.17. The maximum absolute atomic E-state index is 12.3. The van der Waals surface area contributed by atoms with E-state index < -0.39 is 0 Å². The Morgan fingerprint density at radius 1 is 1.30 bits per heavy atom. The highest BCUT2D eigenvalue weighted by molar-refractivity contribution is 9.10. The molecule has 0 bridgehead atoms. The second-order valence-corrected chi connectivity index (χ2v) is 7.67. The summed E-state index contributed by atoms with van der Waals surface area (Å²) in [5.74, 6) is 1.32. The topological polar surface area (TPSA) is 73.0 Å². The molecule has 0 aliphatic carbocycles. The summed E-state index contributed by atoms with van der Waals surface area (Å²) in [7, 11) is 0. The second kappa shape index (κ2) is 8.58. The SMILES string of the molecule is C=CCn1c(SCC(=O)Nc2ccc(C)c(C)c2)nnc1-c1ccc(Br)o1. The summed E-state index contributed by atoms with van der Waals surface area (Å²) < 4.78 is 8.05. The molecule has 140 valence electrons. The van der Waals surface area contributed by atoms with Gasteiger partial charge in [-0.2, -0.15) is 0 Å². The molecule has 1 aromatic carbocycles. The van der Waals surface area contributed by atoms with Gasteiger partial charge in [-0.05, 0) is 65.2 Å². The van der Waals surface area contributed by atoms with E-state index >= 15 is 0 Å². The van der Waals surface area contributed by atoms with E-state index in [0.29, 0.717) is 28.0 Å². The van der Waals surface area contributed by atoms with Crippen LogP contribution in [0.4, 0.5) is 5.69 Å². The Kier molecular flexibility index (Phi) is 6.18. The third-order valence-corrected chi connectivity index (χ3v) is 5.34. The monoisotopic (exact) mass is 446 g/mol. The predicted octanol–water partition coefficient (Wildman–Crippen LogP) is 4.83. The number of anilines is 1. The van der Waals surface area contributed by atoms with E-state index in [1.54, 1.807) is 12.1 Å². The van der Waals surface area contributed by atoms with E-state index in [9.17, 15) is 4.79 Å². The van der Waals surface area contributed by atoms with Crippen molar-refractivity contribution in [3.05, 3.63) is 58.8 Å². The number of nitrogens with zero attached hydrogens (tertiary/aromatic N) is 3. The molecule has 0 radical (unpaired) electrons. The first-order valence-corrected chi connectivity index (χ1v) is 10.1. The van der Waals surface area contributed by atoms with Gasteiger partial charge < -0.3 is 9.73 Å². The van der Waals surface area contributed by atoms with E-state index in [4.69, 9.17) is 4.42 Å². The summed E-state index contributed by atoms with van der Waals surface area (Å²) in [5.41, 5.74) is 3.12. The molecule has 0 aliphatic heterocycles. The van der Waals surface area contributed by atoms with E-state index in [1.165, 1.54) is 17.3 Å². The number of allylic oxidation sites excluding steroid dienone is 1. The number of carbonyl (C=O) groups excluding carboxylic acids is 1. The van der Waals surface area contributed by atoms with Crippen molar-refractivity contribution >= 4 is 39.3 Å². The first-order chi connectivity index (χ1) is 13.0. The van der Waals surface area contributed by atoms with Gasteiger partial charge in [0, 0.05) is 12.2 Å². The number of nitrogens with one attached hydrogen (secondary N) is 1. The smallest absolute Gasteiger partial charge is 0.234 e. The largest absolute Gasteiger partial charge is 0.446 e. The van der Waals surface area contributed by atoms with Crippen molar-refractivity contribution in [1.82, 2.24) is 14.8 Å². The molecule has 1 N–H and O–H groups in total. The van der Waals surface area contributed by atoms with Crippen LogP contribution < -0.4 is 5.32 Å². The molecule has 1 amide bonds. The predicted molar refractivity (Wildman–Crippen MR) is 111 cm³/mol. The molecule has 2 aromatic heterocycles. The molecule has 0 fully saturated rings. The molecule has 27 heavy (non-hydrogen) atoms. The van der Waals surface area contributed by atoms with Crippen LogP contribution in [0.2, 0.25) is 0 Å². The number of rotatable bonds is 7. The molecule has 0 saturated carbocycles. The maximum Gasteiger partial charge on any atom is 0.234 e. The molecule has 0 atom stereocenters. The molecule has 0 unspecified atom stereocenters. The average molecular weight is 447 g/mol. The number of carbonyl (C=O) groups is 1. The standard InChI is InChI=1S/C19H19BrN4O2S/c1-4-9-24-18(15-7-8-16(20)26-15)22-23-19(24)27-11-17(25)21-14-6-5-12(2)13(3)10-14/h4-8,10H,1,9,11H2,2-3H3,(H,21,25). The second-order valence-electron chi connectivity index (χ2n) is 5.95. The summed E-state index contributed by atoms with van der Waals surface area (Å²) in [6, 6.07) is 9.47. The zero-order valence-electron chi connectivity index (χ0n) is 15.0. The first-order valence-electron chi connectivity index (χ1n) is 8.27. The lowest BCUT2D eigenvalue weighted by Gasteiger charge is -2.08. The molecular formula is C19H19BrN4O2S. The van der Waals surface area contributed by atoms with Gasteiger partial charge in [-0.3, -0.25) is 9.36 Å². The molecule has 3 aromatic rings. The summed E-state index contributed by atoms with van der Waals surface area (Å²) in [5, 5.41) is 11.9. The fourth-order valence-electron chi connectivity index (χ4n) is 2.45. The van der Waals surface area contributed by atoms with Gasteiger partial charge in [0.2, 0.25) is 11.7 Å². The Hall–Kier alpha value is -2.32. The van der Waals surface area contributed by atoms with Crippen LogP contribution in [0.1, 0.15) is 11.1 Å². The minimum Gasteiger partial charge on any atom is -0.446 e. The minimum atomic E-state index is -0.0984. The highest BCUT2D eigenvalue weighted by Crippen LogP contribution is 2.27. The van der Waals surface area contributed by atoms with Gasteiger partial charge in [-0.25, -0.2) is 0 Å². The fraction of sp³-hybridized carbons (Fsp3) is 0.211. The van der Waals surface area contributed by atoms with E-state index in [1.807, 2.05) is 42.7 Å². The quantitative estimate of drug-likeness (QED) is 0.415. The third kappa shape index (κ3) is 4.70. The molecule has 0 spiro atoms. The number of benzene rings is 1. The van der Waals surface area contributed by atoms with Gasteiger partial charge in [0.05, 0.1) is 5.75 Å². The first kappa shape index (κ1) is 19.4. The normalized spacial score (nSPS) is 10.8. The van der Waals surface area contributed by atoms with E-state index in [2.05, 4.69) is 38.0 Å². The maximum atomic E-state index is 12.3. The lowest BCUT2D eigenvalue weighted by Crippen LogP contribution is -2.14. The van der Waals surface area contributed by atoms with Gasteiger partial charge in [0.1, 0.15) is 0 Å². The number of thioether (sulfide) groups is 1. The lowest BCUT2D eigenvalue weighted by molar-refractivity contribution is -0.113. The van der Waals surface area contributed by atoms with Crippen molar-refractivity contribution < 1.29 is 9.21 Å². The van der Waals surface area contributed by atoms with Crippen molar-refractivity contribution in [3.8, 4) is 11.6 Å². The lowest BCUT2D eigenvalue weighted by atomic mass is 10.1. The number of hydrogen-bond donors (Lipinski definition) is 1. The molecule has 8 heteroatoms. The Morgan fingerprint density at radius 2 is 2.11 bits per heavy atom.